The molecule has 0 heterocycles. The van der Waals surface area contributed by atoms with E-state index in [1.54, 1.807) is 11.8 Å². The van der Waals surface area contributed by atoms with Crippen LogP contribution in [0.2, 0.25) is 0 Å². The second kappa shape index (κ2) is 10.1. The molecule has 0 bridgehead atoms. The van der Waals surface area contributed by atoms with Crippen molar-refractivity contribution in [1.82, 2.24) is 0 Å². The Bertz CT molecular complexity index is 643. The third-order valence-corrected chi connectivity index (χ3v) is 5.25. The molecule has 0 aliphatic carbocycles. The van der Waals surface area contributed by atoms with Gasteiger partial charge in [-0.1, -0.05) is 79.6 Å². The number of aryl methyl sites for hydroxylation is 1. The Labute approximate surface area is 150 Å². The van der Waals surface area contributed by atoms with Crippen LogP contribution in [-0.4, -0.2) is 6.29 Å². The molecule has 1 nitrogen and oxygen atoms in total. The molecule has 0 aliphatic rings. The number of rotatable bonds is 9. The van der Waals surface area contributed by atoms with Crippen molar-refractivity contribution in [3.05, 3.63) is 70.6 Å². The minimum Gasteiger partial charge on any atom is -0.303 e. The largest absolute Gasteiger partial charge is 0.303 e. The molecule has 1 unspecified atom stereocenters. The lowest BCUT2D eigenvalue weighted by Gasteiger charge is -2.18. The molecule has 0 fully saturated rings. The topological polar surface area (TPSA) is 17.1 Å². The molecular formula is C22H26OS. The van der Waals surface area contributed by atoms with Gasteiger partial charge < -0.3 is 4.79 Å². The average Bonchev–Trinajstić information content (AvgIpc) is 2.61. The highest BCUT2D eigenvalue weighted by Crippen LogP contribution is 2.37. The van der Waals surface area contributed by atoms with E-state index in [9.17, 15) is 4.79 Å². The summed E-state index contributed by atoms with van der Waals surface area (Å²) in [7, 11) is 0. The summed E-state index contributed by atoms with van der Waals surface area (Å²) in [4.78, 5) is 13.7. The van der Waals surface area contributed by atoms with Crippen molar-refractivity contribution in [2.45, 2.75) is 44.4 Å². The van der Waals surface area contributed by atoms with E-state index in [0.717, 1.165) is 25.5 Å². The van der Waals surface area contributed by atoms with Crippen molar-refractivity contribution in [3.63, 3.8) is 0 Å². The van der Waals surface area contributed by atoms with E-state index in [4.69, 9.17) is 0 Å². The first kappa shape index (κ1) is 18.5. The molecule has 24 heavy (non-hydrogen) atoms. The van der Waals surface area contributed by atoms with Crippen LogP contribution in [0.5, 0.6) is 0 Å². The van der Waals surface area contributed by atoms with E-state index in [0.29, 0.717) is 12.3 Å². The van der Waals surface area contributed by atoms with Gasteiger partial charge in [-0.15, -0.1) is 0 Å². The summed E-state index contributed by atoms with van der Waals surface area (Å²) in [6.07, 6.45) is 7.27. The predicted molar refractivity (Wildman–Crippen MR) is 105 cm³/mol. The Morgan fingerprint density at radius 2 is 1.79 bits per heavy atom. The number of benzene rings is 2. The highest BCUT2D eigenvalue weighted by atomic mass is 32.2. The highest BCUT2D eigenvalue weighted by molar-refractivity contribution is 8.03. The Balaban J connectivity index is 2.29. The average molecular weight is 339 g/mol. The van der Waals surface area contributed by atoms with E-state index < -0.39 is 0 Å². The zero-order valence-electron chi connectivity index (χ0n) is 14.6. The molecule has 0 saturated carbocycles. The van der Waals surface area contributed by atoms with Crippen LogP contribution in [0.1, 0.15) is 43.7 Å². The number of carbonyl (C=O) groups is 1. The quantitative estimate of drug-likeness (QED) is 0.382. The van der Waals surface area contributed by atoms with E-state index in [-0.39, 0.29) is 0 Å². The molecule has 0 amide bonds. The van der Waals surface area contributed by atoms with Crippen LogP contribution in [0, 0.1) is 12.8 Å². The molecule has 2 heteroatoms. The summed E-state index contributed by atoms with van der Waals surface area (Å²) in [5, 5.41) is 0. The van der Waals surface area contributed by atoms with Gasteiger partial charge in [0.05, 0.1) is 0 Å². The summed E-state index contributed by atoms with van der Waals surface area (Å²) in [5.74, 6) is 0.300. The zero-order valence-corrected chi connectivity index (χ0v) is 15.4. The van der Waals surface area contributed by atoms with Crippen molar-refractivity contribution in [1.29, 1.82) is 0 Å². The molecule has 126 valence electrons. The Morgan fingerprint density at radius 3 is 2.42 bits per heavy atom. The van der Waals surface area contributed by atoms with E-state index in [2.05, 4.69) is 68.5 Å². The van der Waals surface area contributed by atoms with Crippen LogP contribution in [0.4, 0.5) is 0 Å². The van der Waals surface area contributed by atoms with Crippen molar-refractivity contribution in [2.75, 3.05) is 0 Å². The van der Waals surface area contributed by atoms with Crippen LogP contribution in [-0.2, 0) is 4.79 Å². The summed E-state index contributed by atoms with van der Waals surface area (Å²) in [5.41, 5.74) is 2.46. The number of aldehydes is 1. The summed E-state index contributed by atoms with van der Waals surface area (Å²) in [6.45, 7) is 4.30. The van der Waals surface area contributed by atoms with Crippen molar-refractivity contribution in [3.8, 4) is 0 Å². The SMILES string of the molecule is CCCCC(CC=O)/C(=C/c1ccccc1)Sc1ccc(C)cc1. The molecule has 0 saturated heterocycles. The lowest BCUT2D eigenvalue weighted by atomic mass is 9.97. The lowest BCUT2D eigenvalue weighted by Crippen LogP contribution is -2.03. The Kier molecular flexibility index (Phi) is 7.84. The summed E-state index contributed by atoms with van der Waals surface area (Å²) < 4.78 is 0. The number of hydrogen-bond donors (Lipinski definition) is 0. The van der Waals surface area contributed by atoms with Gasteiger partial charge in [0.2, 0.25) is 0 Å². The Hall–Kier alpha value is -1.80. The molecule has 2 rings (SSSR count). The fourth-order valence-electron chi connectivity index (χ4n) is 2.63. The van der Waals surface area contributed by atoms with Gasteiger partial charge in [0.25, 0.3) is 0 Å². The number of carbonyl (C=O) groups excluding carboxylic acids is 1. The van der Waals surface area contributed by atoms with Gasteiger partial charge in [-0.3, -0.25) is 0 Å². The fourth-order valence-corrected chi connectivity index (χ4v) is 3.75. The third kappa shape index (κ3) is 6.01. The molecule has 0 aromatic heterocycles. The fraction of sp³-hybridized carbons (Fsp3) is 0.318. The standard InChI is InChI=1S/C22H26OS/c1-3-4-10-20(15-16-23)22(17-19-8-6-5-7-9-19)24-21-13-11-18(2)12-14-21/h5-9,11-14,16-17,20H,3-4,10,15H2,1-2H3/b22-17-. The first-order valence-corrected chi connectivity index (χ1v) is 9.49. The Morgan fingerprint density at radius 1 is 1.08 bits per heavy atom. The van der Waals surface area contributed by atoms with Gasteiger partial charge in [-0.2, -0.15) is 0 Å². The minimum absolute atomic E-state index is 0.300. The van der Waals surface area contributed by atoms with Gasteiger partial charge in [0.15, 0.2) is 0 Å². The monoisotopic (exact) mass is 338 g/mol. The van der Waals surface area contributed by atoms with Crippen LogP contribution >= 0.6 is 11.8 Å². The molecule has 0 spiro atoms. The van der Waals surface area contributed by atoms with E-state index in [1.807, 2.05) is 6.07 Å². The third-order valence-electron chi connectivity index (χ3n) is 4.05. The molecule has 2 aromatic rings. The lowest BCUT2D eigenvalue weighted by molar-refractivity contribution is -0.108. The van der Waals surface area contributed by atoms with Gasteiger partial charge in [0, 0.05) is 11.3 Å². The molecule has 0 N–H and O–H groups in total. The summed E-state index contributed by atoms with van der Waals surface area (Å²) >= 11 is 1.79. The first-order chi connectivity index (χ1) is 11.7. The predicted octanol–water partition coefficient (Wildman–Crippen LogP) is 6.52. The first-order valence-electron chi connectivity index (χ1n) is 8.67. The molecule has 1 atom stereocenters. The minimum atomic E-state index is 0.300. The highest BCUT2D eigenvalue weighted by Gasteiger charge is 2.15. The number of allylic oxidation sites excluding steroid dienone is 1. The van der Waals surface area contributed by atoms with Crippen LogP contribution in [0.15, 0.2) is 64.4 Å². The van der Waals surface area contributed by atoms with Gasteiger partial charge in [-0.25, -0.2) is 0 Å². The van der Waals surface area contributed by atoms with Gasteiger partial charge in [0.1, 0.15) is 6.29 Å². The second-order valence-corrected chi connectivity index (χ2v) is 7.26. The second-order valence-electron chi connectivity index (χ2n) is 6.11. The van der Waals surface area contributed by atoms with Gasteiger partial charge >= 0.3 is 0 Å². The summed E-state index contributed by atoms with van der Waals surface area (Å²) in [6, 6.07) is 19.0. The van der Waals surface area contributed by atoms with Crippen molar-refractivity contribution >= 4 is 24.1 Å². The van der Waals surface area contributed by atoms with Crippen molar-refractivity contribution < 1.29 is 4.79 Å². The van der Waals surface area contributed by atoms with Crippen LogP contribution < -0.4 is 0 Å². The molecule has 0 aliphatic heterocycles. The van der Waals surface area contributed by atoms with E-state index in [1.165, 1.54) is 20.9 Å². The maximum Gasteiger partial charge on any atom is 0.120 e. The van der Waals surface area contributed by atoms with Gasteiger partial charge in [-0.05, 0) is 47.9 Å². The zero-order chi connectivity index (χ0) is 17.2. The maximum absolute atomic E-state index is 11.2. The number of thioether (sulfide) groups is 1. The number of unbranched alkanes of at least 4 members (excludes halogenated alkanes) is 1. The molecule has 2 aromatic carbocycles. The van der Waals surface area contributed by atoms with E-state index >= 15 is 0 Å². The smallest absolute Gasteiger partial charge is 0.120 e. The van der Waals surface area contributed by atoms with Crippen LogP contribution in [0.3, 0.4) is 0 Å². The molecule has 0 radical (unpaired) electrons. The van der Waals surface area contributed by atoms with Crippen LogP contribution in [0.25, 0.3) is 6.08 Å². The molecular weight excluding hydrogens is 312 g/mol. The van der Waals surface area contributed by atoms with Crippen molar-refractivity contribution in [2.24, 2.45) is 5.92 Å². The maximum atomic E-state index is 11.2. The number of hydrogen-bond acceptors (Lipinski definition) is 2. The normalized spacial score (nSPS) is 12.8.